The Hall–Kier alpha value is -3.23. The minimum Gasteiger partial charge on any atom is -0.478 e. The zero-order chi connectivity index (χ0) is 20.0. The Morgan fingerprint density at radius 2 is 1.93 bits per heavy atom. The van der Waals surface area contributed by atoms with Gasteiger partial charge in [0.1, 0.15) is 17.1 Å². The van der Waals surface area contributed by atoms with Gasteiger partial charge >= 0.3 is 5.97 Å². The maximum atomic E-state index is 12.9. The second-order valence-corrected chi connectivity index (χ2v) is 5.67. The van der Waals surface area contributed by atoms with Crippen LogP contribution in [0.2, 0.25) is 0 Å². The lowest BCUT2D eigenvalue weighted by atomic mass is 10.0. The standard InChI is InChI=1S/C18H20FN3O5/c1-3-12-13(4-2)21-22-17(24)15(12)16(23)20-9-14(18(25)26)27-11-7-5-10(19)6-8-11/h5-8,14H,3-4,9H2,1-2H3,(H,20,23)(H,22,24)(H,25,26). The molecule has 8 nitrogen and oxygen atoms in total. The molecule has 27 heavy (non-hydrogen) atoms. The maximum absolute atomic E-state index is 12.9. The summed E-state index contributed by atoms with van der Waals surface area (Å²) in [7, 11) is 0. The van der Waals surface area contributed by atoms with E-state index in [4.69, 9.17) is 4.74 Å². The van der Waals surface area contributed by atoms with E-state index in [-0.39, 0.29) is 17.9 Å². The fraction of sp³-hybridized carbons (Fsp3) is 0.333. The molecule has 0 bridgehead atoms. The molecule has 1 unspecified atom stereocenters. The monoisotopic (exact) mass is 377 g/mol. The Morgan fingerprint density at radius 1 is 1.26 bits per heavy atom. The van der Waals surface area contributed by atoms with Crippen LogP contribution in [0.25, 0.3) is 0 Å². The molecule has 3 N–H and O–H groups in total. The van der Waals surface area contributed by atoms with E-state index < -0.39 is 29.4 Å². The molecule has 1 heterocycles. The number of aliphatic carboxylic acids is 1. The quantitative estimate of drug-likeness (QED) is 0.637. The van der Waals surface area contributed by atoms with Gasteiger partial charge in [-0.25, -0.2) is 14.3 Å². The van der Waals surface area contributed by atoms with Crippen LogP contribution in [-0.4, -0.2) is 39.8 Å². The number of H-pyrrole nitrogens is 1. The van der Waals surface area contributed by atoms with Gasteiger partial charge in [0.15, 0.2) is 0 Å². The highest BCUT2D eigenvalue weighted by atomic mass is 19.1. The molecule has 0 saturated heterocycles. The van der Waals surface area contributed by atoms with E-state index in [1.54, 1.807) is 6.92 Å². The van der Waals surface area contributed by atoms with Crippen molar-refractivity contribution in [2.45, 2.75) is 32.8 Å². The number of nitrogens with zero attached hydrogens (tertiary/aromatic N) is 1. The number of nitrogens with one attached hydrogen (secondary N) is 2. The Kier molecular flexibility index (Phi) is 6.64. The number of amides is 1. The molecule has 2 rings (SSSR count). The number of halogens is 1. The topological polar surface area (TPSA) is 121 Å². The molecule has 1 amide bonds. The number of benzene rings is 1. The van der Waals surface area contributed by atoms with Gasteiger partial charge in [0.05, 0.1) is 12.2 Å². The molecule has 1 aromatic heterocycles. The molecular formula is C18H20FN3O5. The number of ether oxygens (including phenoxy) is 1. The predicted octanol–water partition coefficient (Wildman–Crippen LogP) is 1.30. The molecule has 1 aromatic carbocycles. The van der Waals surface area contributed by atoms with E-state index in [0.717, 1.165) is 12.1 Å². The predicted molar refractivity (Wildman–Crippen MR) is 94.4 cm³/mol. The lowest BCUT2D eigenvalue weighted by Gasteiger charge is -2.16. The number of aromatic amines is 1. The number of carbonyl (C=O) groups excluding carboxylic acids is 1. The van der Waals surface area contributed by atoms with Crippen LogP contribution in [-0.2, 0) is 17.6 Å². The van der Waals surface area contributed by atoms with E-state index in [1.807, 2.05) is 6.92 Å². The minimum atomic E-state index is -1.41. The zero-order valence-electron chi connectivity index (χ0n) is 14.9. The van der Waals surface area contributed by atoms with Crippen molar-refractivity contribution >= 4 is 11.9 Å². The van der Waals surface area contributed by atoms with Crippen molar-refractivity contribution in [3.05, 3.63) is 57.3 Å². The van der Waals surface area contributed by atoms with Gasteiger partial charge in [-0.2, -0.15) is 5.10 Å². The Balaban J connectivity index is 2.16. The zero-order valence-corrected chi connectivity index (χ0v) is 14.9. The summed E-state index contributed by atoms with van der Waals surface area (Å²) in [5.41, 5.74) is 0.382. The molecule has 0 spiro atoms. The molecule has 0 aliphatic heterocycles. The largest absolute Gasteiger partial charge is 0.478 e. The van der Waals surface area contributed by atoms with Crippen LogP contribution in [0.1, 0.15) is 35.5 Å². The lowest BCUT2D eigenvalue weighted by molar-refractivity contribution is -0.144. The highest BCUT2D eigenvalue weighted by Crippen LogP contribution is 2.14. The maximum Gasteiger partial charge on any atom is 0.346 e. The van der Waals surface area contributed by atoms with E-state index >= 15 is 0 Å². The number of aryl methyl sites for hydroxylation is 1. The number of hydrogen-bond donors (Lipinski definition) is 3. The smallest absolute Gasteiger partial charge is 0.346 e. The molecule has 9 heteroatoms. The van der Waals surface area contributed by atoms with Crippen molar-refractivity contribution in [1.82, 2.24) is 15.5 Å². The van der Waals surface area contributed by atoms with E-state index in [2.05, 4.69) is 15.5 Å². The molecule has 2 aromatic rings. The minimum absolute atomic E-state index is 0.0877. The fourth-order valence-corrected chi connectivity index (χ4v) is 2.57. The molecule has 1 atom stereocenters. The normalized spacial score (nSPS) is 11.7. The van der Waals surface area contributed by atoms with Crippen molar-refractivity contribution < 1.29 is 23.8 Å². The Labute approximate surface area is 154 Å². The third-order valence-corrected chi connectivity index (χ3v) is 3.90. The van der Waals surface area contributed by atoms with E-state index in [0.29, 0.717) is 24.1 Å². The fourth-order valence-electron chi connectivity index (χ4n) is 2.57. The number of aromatic nitrogens is 2. The SMILES string of the molecule is CCc1n[nH]c(=O)c(C(=O)NCC(Oc2ccc(F)cc2)C(=O)O)c1CC. The third-order valence-electron chi connectivity index (χ3n) is 3.90. The third kappa shape index (κ3) is 4.90. The number of carbonyl (C=O) groups is 2. The van der Waals surface area contributed by atoms with E-state index in [1.165, 1.54) is 12.1 Å². The van der Waals surface area contributed by atoms with Crippen molar-refractivity contribution in [3.8, 4) is 5.75 Å². The molecular weight excluding hydrogens is 357 g/mol. The first-order chi connectivity index (χ1) is 12.9. The number of rotatable bonds is 8. The van der Waals surface area contributed by atoms with E-state index in [9.17, 15) is 23.9 Å². The Bertz CT molecular complexity index is 880. The van der Waals surface area contributed by atoms with Crippen LogP contribution in [0, 0.1) is 5.82 Å². The van der Waals surface area contributed by atoms with Crippen LogP contribution < -0.4 is 15.6 Å². The van der Waals surface area contributed by atoms with Crippen LogP contribution in [0.4, 0.5) is 4.39 Å². The van der Waals surface area contributed by atoms with Gasteiger partial charge in [0, 0.05) is 0 Å². The highest BCUT2D eigenvalue weighted by Gasteiger charge is 2.24. The molecule has 0 fully saturated rings. The van der Waals surface area contributed by atoms with Gasteiger partial charge in [-0.15, -0.1) is 0 Å². The van der Waals surface area contributed by atoms with Gasteiger partial charge in [-0.1, -0.05) is 13.8 Å². The summed E-state index contributed by atoms with van der Waals surface area (Å²) in [6.07, 6.45) is -0.445. The van der Waals surface area contributed by atoms with Crippen molar-refractivity contribution in [3.63, 3.8) is 0 Å². The van der Waals surface area contributed by atoms with Crippen LogP contribution in [0.5, 0.6) is 5.75 Å². The highest BCUT2D eigenvalue weighted by molar-refractivity contribution is 5.95. The molecule has 0 aliphatic rings. The molecule has 0 aliphatic carbocycles. The van der Waals surface area contributed by atoms with Crippen molar-refractivity contribution in [1.29, 1.82) is 0 Å². The second-order valence-electron chi connectivity index (χ2n) is 5.67. The van der Waals surface area contributed by atoms with Crippen LogP contribution >= 0.6 is 0 Å². The summed E-state index contributed by atoms with van der Waals surface area (Å²) in [6, 6.07) is 4.82. The van der Waals surface area contributed by atoms with Gasteiger partial charge in [-0.05, 0) is 42.7 Å². The first-order valence-corrected chi connectivity index (χ1v) is 8.41. The first-order valence-electron chi connectivity index (χ1n) is 8.41. The average molecular weight is 377 g/mol. The molecule has 0 radical (unpaired) electrons. The summed E-state index contributed by atoms with van der Waals surface area (Å²) >= 11 is 0. The summed E-state index contributed by atoms with van der Waals surface area (Å²) in [5, 5.41) is 17.9. The Morgan fingerprint density at radius 3 is 2.48 bits per heavy atom. The first kappa shape index (κ1) is 20.1. The number of carboxylic acids is 1. The summed E-state index contributed by atoms with van der Waals surface area (Å²) in [5.74, 6) is -2.37. The number of hydrogen-bond acceptors (Lipinski definition) is 5. The van der Waals surface area contributed by atoms with Crippen LogP contribution in [0.3, 0.4) is 0 Å². The molecule has 144 valence electrons. The average Bonchev–Trinajstić information content (AvgIpc) is 2.65. The second kappa shape index (κ2) is 8.93. The summed E-state index contributed by atoms with van der Waals surface area (Å²) in [6.45, 7) is 3.26. The van der Waals surface area contributed by atoms with Crippen molar-refractivity contribution in [2.75, 3.05) is 6.54 Å². The van der Waals surface area contributed by atoms with Gasteiger partial charge < -0.3 is 15.2 Å². The lowest BCUT2D eigenvalue weighted by Crippen LogP contribution is -2.42. The molecule has 0 saturated carbocycles. The van der Waals surface area contributed by atoms with Crippen LogP contribution in [0.15, 0.2) is 29.1 Å². The van der Waals surface area contributed by atoms with Gasteiger partial charge in [0.25, 0.3) is 11.5 Å². The number of carboxylic acid groups (broad SMARTS) is 1. The summed E-state index contributed by atoms with van der Waals surface area (Å²) in [4.78, 5) is 35.9. The van der Waals surface area contributed by atoms with Gasteiger partial charge in [-0.3, -0.25) is 9.59 Å². The van der Waals surface area contributed by atoms with Crippen molar-refractivity contribution in [2.24, 2.45) is 0 Å². The van der Waals surface area contributed by atoms with Gasteiger partial charge in [0.2, 0.25) is 6.10 Å². The summed E-state index contributed by atoms with van der Waals surface area (Å²) < 4.78 is 18.2.